The number of hydrogen-bond donors (Lipinski definition) is 1. The number of amides is 1. The lowest BCUT2D eigenvalue weighted by atomic mass is 10.2. The fourth-order valence-electron chi connectivity index (χ4n) is 2.98. The van der Waals surface area contributed by atoms with Crippen LogP contribution in [0.5, 0.6) is 5.75 Å². The molecule has 0 spiro atoms. The normalized spacial score (nSPS) is 11.4. The first-order valence-electron chi connectivity index (χ1n) is 9.93. The molecule has 168 valence electrons. The molecule has 3 rings (SSSR count). The molecule has 1 aromatic carbocycles. The smallest absolute Gasteiger partial charge is 0.255 e. The molecule has 0 saturated carbocycles. The molecule has 8 nitrogen and oxygen atoms in total. The summed E-state index contributed by atoms with van der Waals surface area (Å²) in [4.78, 5) is 21.4. The largest absolute Gasteiger partial charge is 0.495 e. The molecule has 3 aromatic rings. The van der Waals surface area contributed by atoms with E-state index in [9.17, 15) is 13.2 Å². The van der Waals surface area contributed by atoms with Crippen molar-refractivity contribution >= 4 is 33.4 Å². The van der Waals surface area contributed by atoms with Gasteiger partial charge in [-0.25, -0.2) is 18.4 Å². The third-order valence-corrected chi connectivity index (χ3v) is 7.54. The van der Waals surface area contributed by atoms with Crippen molar-refractivity contribution in [1.82, 2.24) is 14.3 Å². The Morgan fingerprint density at radius 1 is 1.03 bits per heavy atom. The molecule has 0 radical (unpaired) electrons. The molecule has 2 aromatic heterocycles. The van der Waals surface area contributed by atoms with Crippen LogP contribution in [0.15, 0.2) is 75.9 Å². The Balaban J connectivity index is 1.85. The van der Waals surface area contributed by atoms with Gasteiger partial charge in [-0.05, 0) is 42.5 Å². The fraction of sp³-hybridized carbons (Fsp3) is 0.227. The Morgan fingerprint density at radius 3 is 2.44 bits per heavy atom. The lowest BCUT2D eigenvalue weighted by Gasteiger charge is -2.20. The summed E-state index contributed by atoms with van der Waals surface area (Å²) in [5.41, 5.74) is 0.736. The number of pyridine rings is 2. The van der Waals surface area contributed by atoms with Crippen LogP contribution in [0.4, 0.5) is 5.69 Å². The van der Waals surface area contributed by atoms with E-state index < -0.39 is 15.9 Å². The van der Waals surface area contributed by atoms with Gasteiger partial charge in [0.15, 0.2) is 0 Å². The van der Waals surface area contributed by atoms with Gasteiger partial charge in [0.25, 0.3) is 5.91 Å². The number of aromatic nitrogens is 2. The molecule has 1 amide bonds. The van der Waals surface area contributed by atoms with Crippen LogP contribution in [0.3, 0.4) is 0 Å². The number of nitrogens with zero attached hydrogens (tertiary/aromatic N) is 3. The Morgan fingerprint density at radius 2 is 1.78 bits per heavy atom. The lowest BCUT2D eigenvalue weighted by Crippen LogP contribution is -2.31. The monoisotopic (exact) mass is 472 g/mol. The summed E-state index contributed by atoms with van der Waals surface area (Å²) in [7, 11) is -2.41. The molecule has 0 atom stereocenters. The zero-order valence-electron chi connectivity index (χ0n) is 18.0. The molecule has 0 aliphatic carbocycles. The zero-order valence-corrected chi connectivity index (χ0v) is 19.6. The Bertz CT molecular complexity index is 1180. The number of carbonyl (C=O) groups excluding carboxylic acids is 1. The number of nitrogens with one attached hydrogen (secondary N) is 1. The van der Waals surface area contributed by atoms with E-state index in [0.717, 1.165) is 5.03 Å². The Kier molecular flexibility index (Phi) is 7.84. The predicted molar refractivity (Wildman–Crippen MR) is 124 cm³/mol. The first-order chi connectivity index (χ1) is 15.4. The summed E-state index contributed by atoms with van der Waals surface area (Å²) in [5, 5.41) is 4.25. The van der Waals surface area contributed by atoms with Crippen LogP contribution in [0.25, 0.3) is 0 Å². The van der Waals surface area contributed by atoms with E-state index >= 15 is 0 Å². The highest BCUT2D eigenvalue weighted by Crippen LogP contribution is 2.29. The van der Waals surface area contributed by atoms with E-state index in [2.05, 4.69) is 15.3 Å². The van der Waals surface area contributed by atoms with Crippen LogP contribution < -0.4 is 10.1 Å². The second kappa shape index (κ2) is 10.6. The third kappa shape index (κ3) is 5.45. The van der Waals surface area contributed by atoms with E-state index in [1.165, 1.54) is 41.4 Å². The van der Waals surface area contributed by atoms with Gasteiger partial charge in [0.1, 0.15) is 20.7 Å². The summed E-state index contributed by atoms with van der Waals surface area (Å²) in [5.74, 6) is -0.255. The highest BCUT2D eigenvalue weighted by atomic mass is 32.2. The molecule has 32 heavy (non-hydrogen) atoms. The molecule has 0 aliphatic heterocycles. The number of anilines is 1. The number of ether oxygens (including phenoxy) is 1. The topological polar surface area (TPSA) is 101 Å². The highest BCUT2D eigenvalue weighted by Gasteiger charge is 2.26. The maximum atomic E-state index is 13.0. The van der Waals surface area contributed by atoms with E-state index in [0.29, 0.717) is 23.8 Å². The summed E-state index contributed by atoms with van der Waals surface area (Å²) < 4.78 is 32.6. The second-order valence-electron chi connectivity index (χ2n) is 6.56. The first-order valence-corrected chi connectivity index (χ1v) is 12.2. The van der Waals surface area contributed by atoms with E-state index in [4.69, 9.17) is 4.74 Å². The number of rotatable bonds is 9. The van der Waals surface area contributed by atoms with Gasteiger partial charge in [0, 0.05) is 36.7 Å². The van der Waals surface area contributed by atoms with Crippen LogP contribution in [0, 0.1) is 0 Å². The highest BCUT2D eigenvalue weighted by molar-refractivity contribution is 7.99. The number of hydrogen-bond acceptors (Lipinski definition) is 7. The van der Waals surface area contributed by atoms with Crippen LogP contribution in [-0.2, 0) is 10.0 Å². The van der Waals surface area contributed by atoms with Crippen molar-refractivity contribution in [1.29, 1.82) is 0 Å². The van der Waals surface area contributed by atoms with Gasteiger partial charge >= 0.3 is 0 Å². The molecule has 2 heterocycles. The molecule has 0 unspecified atom stereocenters. The van der Waals surface area contributed by atoms with Crippen molar-refractivity contribution in [3.05, 3.63) is 66.5 Å². The average molecular weight is 473 g/mol. The number of benzene rings is 1. The number of sulfonamides is 1. The minimum absolute atomic E-state index is 0.0440. The fourth-order valence-corrected chi connectivity index (χ4v) is 5.40. The third-order valence-electron chi connectivity index (χ3n) is 4.59. The van der Waals surface area contributed by atoms with Crippen LogP contribution in [-0.4, -0.2) is 48.8 Å². The van der Waals surface area contributed by atoms with Gasteiger partial charge in [-0.2, -0.15) is 4.31 Å². The number of carbonyl (C=O) groups is 1. The standard InChI is InChI=1S/C22H24N4O4S2/c1-4-26(5-2)32(28,29)19-14-16(9-10-18(19)30-3)22(27)25-17-11-13-24-21(15-17)31-20-8-6-7-12-23-20/h6-15H,4-5H2,1-3H3,(H,24,25,27). The van der Waals surface area contributed by atoms with Gasteiger partial charge in [-0.15, -0.1) is 0 Å². The van der Waals surface area contributed by atoms with Crippen molar-refractivity contribution < 1.29 is 17.9 Å². The maximum absolute atomic E-state index is 13.0. The average Bonchev–Trinajstić information content (AvgIpc) is 2.80. The summed E-state index contributed by atoms with van der Waals surface area (Å²) in [6.07, 6.45) is 3.28. The minimum atomic E-state index is -3.81. The molecular weight excluding hydrogens is 448 g/mol. The molecule has 0 bridgehead atoms. The zero-order chi connectivity index (χ0) is 23.1. The molecule has 0 saturated heterocycles. The quantitative estimate of drug-likeness (QED) is 0.504. The van der Waals surface area contributed by atoms with E-state index in [1.54, 1.807) is 38.4 Å². The summed E-state index contributed by atoms with van der Waals surface area (Å²) >= 11 is 1.37. The van der Waals surface area contributed by atoms with Crippen molar-refractivity contribution in [2.75, 3.05) is 25.5 Å². The van der Waals surface area contributed by atoms with Gasteiger partial charge < -0.3 is 10.1 Å². The molecule has 1 N–H and O–H groups in total. The van der Waals surface area contributed by atoms with Crippen molar-refractivity contribution in [2.24, 2.45) is 0 Å². The van der Waals surface area contributed by atoms with Gasteiger partial charge in [-0.1, -0.05) is 31.7 Å². The predicted octanol–water partition coefficient (Wildman–Crippen LogP) is 3.92. The van der Waals surface area contributed by atoms with Crippen molar-refractivity contribution in [2.45, 2.75) is 28.8 Å². The Hall–Kier alpha value is -2.95. The Labute approximate surface area is 192 Å². The first kappa shape index (κ1) is 23.7. The summed E-state index contributed by atoms with van der Waals surface area (Å²) in [6.45, 7) is 4.14. The second-order valence-corrected chi connectivity index (χ2v) is 9.51. The van der Waals surface area contributed by atoms with Crippen molar-refractivity contribution in [3.63, 3.8) is 0 Å². The molecular formula is C22H24N4O4S2. The van der Waals surface area contributed by atoms with Gasteiger partial charge in [0.2, 0.25) is 10.0 Å². The minimum Gasteiger partial charge on any atom is -0.495 e. The molecule has 0 aliphatic rings. The van der Waals surface area contributed by atoms with Crippen LogP contribution in [0.2, 0.25) is 0 Å². The van der Waals surface area contributed by atoms with Crippen LogP contribution >= 0.6 is 11.8 Å². The van der Waals surface area contributed by atoms with Crippen molar-refractivity contribution in [3.8, 4) is 5.75 Å². The summed E-state index contributed by atoms with van der Waals surface area (Å²) in [6, 6.07) is 13.3. The van der Waals surface area contributed by atoms with Gasteiger partial charge in [0.05, 0.1) is 7.11 Å². The number of methoxy groups -OCH3 is 1. The molecule has 0 fully saturated rings. The van der Waals surface area contributed by atoms with E-state index in [1.807, 2.05) is 18.2 Å². The van der Waals surface area contributed by atoms with Crippen LogP contribution in [0.1, 0.15) is 24.2 Å². The SMILES string of the molecule is CCN(CC)S(=O)(=O)c1cc(C(=O)Nc2ccnc(Sc3ccccn3)c2)ccc1OC. The molecule has 10 heteroatoms. The van der Waals surface area contributed by atoms with E-state index in [-0.39, 0.29) is 16.2 Å². The maximum Gasteiger partial charge on any atom is 0.255 e. The lowest BCUT2D eigenvalue weighted by molar-refractivity contribution is 0.102. The van der Waals surface area contributed by atoms with Gasteiger partial charge in [-0.3, -0.25) is 4.79 Å².